The van der Waals surface area contributed by atoms with E-state index in [9.17, 15) is 9.59 Å². The van der Waals surface area contributed by atoms with E-state index in [1.54, 1.807) is 0 Å². The van der Waals surface area contributed by atoms with Crippen LogP contribution in [0, 0.1) is 0 Å². The molecule has 0 saturated carbocycles. The fourth-order valence-corrected chi connectivity index (χ4v) is 2.27. The minimum atomic E-state index is -0.703. The Balaban J connectivity index is 2.00. The number of hydrogen-bond donors (Lipinski definition) is 1. The first kappa shape index (κ1) is 17.2. The second kappa shape index (κ2) is 9.10. The number of alkyl halides is 1. The lowest BCUT2D eigenvalue weighted by Gasteiger charge is -2.17. The molecule has 0 bridgehead atoms. The van der Waals surface area contributed by atoms with Crippen LogP contribution in [0.25, 0.3) is 0 Å². The summed E-state index contributed by atoms with van der Waals surface area (Å²) < 4.78 is 5.34. The predicted molar refractivity (Wildman–Crippen MR) is 92.1 cm³/mol. The Hall–Kier alpha value is -2.14. The minimum absolute atomic E-state index is 0.143. The second-order valence-electron chi connectivity index (χ2n) is 5.04. The molecule has 0 heterocycles. The van der Waals surface area contributed by atoms with Gasteiger partial charge < -0.3 is 10.1 Å². The molecule has 2 rings (SSSR count). The third kappa shape index (κ3) is 5.87. The molecule has 0 fully saturated rings. The van der Waals surface area contributed by atoms with Gasteiger partial charge in [-0.15, -0.1) is 0 Å². The van der Waals surface area contributed by atoms with E-state index in [-0.39, 0.29) is 17.8 Å². The summed E-state index contributed by atoms with van der Waals surface area (Å²) in [5.74, 6) is -0.686. The lowest BCUT2D eigenvalue weighted by molar-refractivity contribution is -0.148. The Labute approximate surface area is 144 Å². The van der Waals surface area contributed by atoms with E-state index in [0.29, 0.717) is 6.42 Å². The number of esters is 1. The van der Waals surface area contributed by atoms with E-state index in [4.69, 9.17) is 4.74 Å². The Kier molecular flexibility index (Phi) is 6.81. The first-order chi connectivity index (χ1) is 11.2. The molecule has 120 valence electrons. The van der Waals surface area contributed by atoms with Crippen molar-refractivity contribution >= 4 is 27.8 Å². The van der Waals surface area contributed by atoms with Crippen LogP contribution in [0.3, 0.4) is 0 Å². The number of carbonyl (C=O) groups is 2. The zero-order valence-corrected chi connectivity index (χ0v) is 14.2. The van der Waals surface area contributed by atoms with Crippen LogP contribution in [0.5, 0.6) is 0 Å². The molecule has 4 nitrogen and oxygen atoms in total. The largest absolute Gasteiger partial charge is 0.459 e. The van der Waals surface area contributed by atoms with Crippen LogP contribution in [0.15, 0.2) is 60.7 Å². The number of hydrogen-bond acceptors (Lipinski definition) is 3. The molecule has 5 heteroatoms. The average Bonchev–Trinajstić information content (AvgIpc) is 2.60. The zero-order valence-electron chi connectivity index (χ0n) is 12.6. The Morgan fingerprint density at radius 1 is 0.957 bits per heavy atom. The highest BCUT2D eigenvalue weighted by Gasteiger charge is 2.22. The molecule has 0 aliphatic heterocycles. The van der Waals surface area contributed by atoms with Crippen molar-refractivity contribution in [1.82, 2.24) is 5.32 Å². The van der Waals surface area contributed by atoms with Gasteiger partial charge in [-0.3, -0.25) is 4.79 Å². The summed E-state index contributed by atoms with van der Waals surface area (Å²) in [6.07, 6.45) is 0.396. The molecule has 0 spiro atoms. The minimum Gasteiger partial charge on any atom is -0.459 e. The maximum atomic E-state index is 12.3. The van der Waals surface area contributed by atoms with Gasteiger partial charge in [0.05, 0.1) is 5.33 Å². The zero-order chi connectivity index (χ0) is 16.5. The summed E-state index contributed by atoms with van der Waals surface area (Å²) in [5.41, 5.74) is 1.87. The first-order valence-electron chi connectivity index (χ1n) is 7.29. The van der Waals surface area contributed by atoms with E-state index >= 15 is 0 Å². The number of carbonyl (C=O) groups excluding carboxylic acids is 2. The van der Waals surface area contributed by atoms with Gasteiger partial charge in [-0.1, -0.05) is 76.6 Å². The van der Waals surface area contributed by atoms with Crippen molar-refractivity contribution in [2.24, 2.45) is 0 Å². The highest BCUT2D eigenvalue weighted by Crippen LogP contribution is 2.07. The summed E-state index contributed by atoms with van der Waals surface area (Å²) in [5, 5.41) is 2.83. The number of amides is 1. The van der Waals surface area contributed by atoms with Crippen LogP contribution >= 0.6 is 15.9 Å². The lowest BCUT2D eigenvalue weighted by atomic mass is 10.1. The van der Waals surface area contributed by atoms with Gasteiger partial charge in [-0.05, 0) is 11.1 Å². The highest BCUT2D eigenvalue weighted by molar-refractivity contribution is 9.09. The molecule has 2 aromatic rings. The second-order valence-corrected chi connectivity index (χ2v) is 5.60. The molecule has 0 unspecified atom stereocenters. The number of nitrogens with one attached hydrogen (secondary N) is 1. The van der Waals surface area contributed by atoms with Crippen molar-refractivity contribution in [2.75, 3.05) is 5.33 Å². The maximum absolute atomic E-state index is 12.3. The third-order valence-electron chi connectivity index (χ3n) is 3.25. The molecule has 23 heavy (non-hydrogen) atoms. The molecule has 0 saturated heterocycles. The fourth-order valence-electron chi connectivity index (χ4n) is 2.11. The van der Waals surface area contributed by atoms with E-state index in [0.717, 1.165) is 11.1 Å². The van der Waals surface area contributed by atoms with Crippen molar-refractivity contribution in [2.45, 2.75) is 19.1 Å². The molecule has 0 aliphatic carbocycles. The Morgan fingerprint density at radius 2 is 1.52 bits per heavy atom. The van der Waals surface area contributed by atoms with Crippen LogP contribution in [0.1, 0.15) is 11.1 Å². The van der Waals surface area contributed by atoms with Crippen molar-refractivity contribution in [3.63, 3.8) is 0 Å². The molecule has 0 aliphatic rings. The van der Waals surface area contributed by atoms with Crippen LogP contribution < -0.4 is 5.32 Å². The normalized spacial score (nSPS) is 11.5. The summed E-state index contributed by atoms with van der Waals surface area (Å²) in [4.78, 5) is 23.9. The SMILES string of the molecule is O=C(CBr)N[C@@H](Cc1ccccc1)C(=O)OCc1ccccc1. The number of benzene rings is 2. The average molecular weight is 376 g/mol. The quantitative estimate of drug-likeness (QED) is 0.597. The lowest BCUT2D eigenvalue weighted by Crippen LogP contribution is -2.43. The van der Waals surface area contributed by atoms with Gasteiger partial charge in [0.2, 0.25) is 5.91 Å². The third-order valence-corrected chi connectivity index (χ3v) is 3.76. The standard InChI is InChI=1S/C18H18BrNO3/c19-12-17(21)20-16(11-14-7-3-1-4-8-14)18(22)23-13-15-9-5-2-6-10-15/h1-10,16H,11-13H2,(H,20,21)/t16-/m0/s1. The van der Waals surface area contributed by atoms with Crippen molar-refractivity contribution in [3.05, 3.63) is 71.8 Å². The van der Waals surface area contributed by atoms with Gasteiger partial charge in [0.15, 0.2) is 0 Å². The number of halogens is 1. The van der Waals surface area contributed by atoms with Crippen molar-refractivity contribution in [1.29, 1.82) is 0 Å². The number of ether oxygens (including phenoxy) is 1. The maximum Gasteiger partial charge on any atom is 0.329 e. The van der Waals surface area contributed by atoms with Crippen LogP contribution in [-0.2, 0) is 27.4 Å². The molecule has 2 aromatic carbocycles. The van der Waals surface area contributed by atoms with E-state index in [1.807, 2.05) is 60.7 Å². The van der Waals surface area contributed by atoms with Crippen molar-refractivity contribution in [3.8, 4) is 0 Å². The Bertz CT molecular complexity index is 631. The monoisotopic (exact) mass is 375 g/mol. The topological polar surface area (TPSA) is 55.4 Å². The van der Waals surface area contributed by atoms with Crippen molar-refractivity contribution < 1.29 is 14.3 Å². The van der Waals surface area contributed by atoms with E-state index in [2.05, 4.69) is 21.2 Å². The van der Waals surface area contributed by atoms with Crippen LogP contribution in [-0.4, -0.2) is 23.2 Å². The van der Waals surface area contributed by atoms with E-state index in [1.165, 1.54) is 0 Å². The van der Waals surface area contributed by atoms with E-state index < -0.39 is 12.0 Å². The molecule has 0 radical (unpaired) electrons. The highest BCUT2D eigenvalue weighted by atomic mass is 79.9. The first-order valence-corrected chi connectivity index (χ1v) is 8.41. The fraction of sp³-hybridized carbons (Fsp3) is 0.222. The number of rotatable bonds is 7. The van der Waals surface area contributed by atoms with Gasteiger partial charge in [0, 0.05) is 6.42 Å². The summed E-state index contributed by atoms with van der Waals surface area (Å²) in [7, 11) is 0. The molecule has 1 atom stereocenters. The molecule has 1 amide bonds. The van der Waals surface area contributed by atoms with Gasteiger partial charge in [0.1, 0.15) is 12.6 Å². The van der Waals surface area contributed by atoms with Crippen LogP contribution in [0.2, 0.25) is 0 Å². The van der Waals surface area contributed by atoms with Gasteiger partial charge in [0.25, 0.3) is 0 Å². The summed E-state index contributed by atoms with van der Waals surface area (Å²) >= 11 is 3.09. The molecular formula is C18H18BrNO3. The molecule has 1 N–H and O–H groups in total. The molecular weight excluding hydrogens is 358 g/mol. The van der Waals surface area contributed by atoms with Gasteiger partial charge in [-0.25, -0.2) is 4.79 Å². The summed E-state index contributed by atoms with van der Waals surface area (Å²) in [6, 6.07) is 18.3. The summed E-state index contributed by atoms with van der Waals surface area (Å²) in [6.45, 7) is 0.190. The smallest absolute Gasteiger partial charge is 0.329 e. The van der Waals surface area contributed by atoms with Crippen LogP contribution in [0.4, 0.5) is 0 Å². The predicted octanol–water partition coefficient (Wildman–Crippen LogP) is 2.85. The van der Waals surface area contributed by atoms with Gasteiger partial charge in [-0.2, -0.15) is 0 Å². The Morgan fingerprint density at radius 3 is 2.09 bits per heavy atom. The molecule has 0 aromatic heterocycles. The van der Waals surface area contributed by atoms with Gasteiger partial charge >= 0.3 is 5.97 Å².